The normalized spacial score (nSPS) is 11.2. The number of hydrogen-bond acceptors (Lipinski definition) is 5. The van der Waals surface area contributed by atoms with Gasteiger partial charge in [-0.3, -0.25) is 15.1 Å². The summed E-state index contributed by atoms with van der Waals surface area (Å²) in [6.45, 7) is 5.83. The van der Waals surface area contributed by atoms with Crippen molar-refractivity contribution in [3.63, 3.8) is 0 Å². The van der Waals surface area contributed by atoms with Gasteiger partial charge in [-0.15, -0.1) is 0 Å². The van der Waals surface area contributed by atoms with Crippen molar-refractivity contribution in [2.45, 2.75) is 27.2 Å². The molecule has 2 heterocycles. The highest BCUT2D eigenvalue weighted by Crippen LogP contribution is 2.23. The second-order valence-corrected chi connectivity index (χ2v) is 8.02. The van der Waals surface area contributed by atoms with Gasteiger partial charge in [-0.2, -0.15) is 0 Å². The summed E-state index contributed by atoms with van der Waals surface area (Å²) in [6.07, 6.45) is 0.514. The Labute approximate surface area is 185 Å². The zero-order valence-electron chi connectivity index (χ0n) is 18.2. The van der Waals surface area contributed by atoms with E-state index in [2.05, 4.69) is 49.5 Å². The van der Waals surface area contributed by atoms with Gasteiger partial charge < -0.3 is 0 Å². The molecular formula is C26H23N5O. The number of aryl methyl sites for hydroxylation is 3. The fraction of sp³-hybridized carbons (Fsp3) is 0.154. The minimum Gasteiger partial charge on any atom is -0.294 e. The van der Waals surface area contributed by atoms with Crippen LogP contribution >= 0.6 is 0 Å². The molecule has 0 aliphatic carbocycles. The van der Waals surface area contributed by atoms with E-state index in [9.17, 15) is 4.79 Å². The van der Waals surface area contributed by atoms with Crippen LogP contribution < -0.4 is 10.9 Å². The van der Waals surface area contributed by atoms with Crippen molar-refractivity contribution in [3.05, 3.63) is 99.1 Å². The Morgan fingerprint density at radius 1 is 0.812 bits per heavy atom. The first kappa shape index (κ1) is 19.9. The molecule has 2 aromatic heterocycles. The van der Waals surface area contributed by atoms with E-state index in [1.165, 1.54) is 0 Å². The van der Waals surface area contributed by atoms with Crippen LogP contribution in [0.25, 0.3) is 21.7 Å². The largest absolute Gasteiger partial charge is 0.294 e. The third-order valence-corrected chi connectivity index (χ3v) is 5.82. The summed E-state index contributed by atoms with van der Waals surface area (Å²) in [7, 11) is 0. The van der Waals surface area contributed by atoms with Crippen LogP contribution in [0.5, 0.6) is 0 Å². The monoisotopic (exact) mass is 421 g/mol. The molecule has 3 aromatic carbocycles. The highest BCUT2D eigenvalue weighted by molar-refractivity contribution is 5.86. The molecule has 5 rings (SSSR count). The molecule has 0 amide bonds. The van der Waals surface area contributed by atoms with Crippen molar-refractivity contribution in [3.8, 4) is 0 Å². The van der Waals surface area contributed by atoms with E-state index in [0.717, 1.165) is 38.5 Å². The van der Waals surface area contributed by atoms with Crippen LogP contribution in [0.2, 0.25) is 0 Å². The maximum absolute atomic E-state index is 12.9. The standard InChI is InChI=1S/C26H23N5O/c1-15-8-6-13-20-16(2)27-25(29-23(15)20)31-26-28-17(3)22(24(32)30-26)14-19-11-7-10-18-9-4-5-12-21(18)19/h4-13H,14H2,1-3H3,(H2,27,28,29,30,31,32). The lowest BCUT2D eigenvalue weighted by Gasteiger charge is -2.11. The molecule has 2 N–H and O–H groups in total. The van der Waals surface area contributed by atoms with E-state index in [0.29, 0.717) is 29.6 Å². The number of nitrogens with zero attached hydrogens (tertiary/aromatic N) is 3. The molecule has 0 bridgehead atoms. The van der Waals surface area contributed by atoms with Crippen molar-refractivity contribution in [1.82, 2.24) is 19.9 Å². The Morgan fingerprint density at radius 2 is 1.56 bits per heavy atom. The average Bonchev–Trinajstić information content (AvgIpc) is 2.77. The first-order chi connectivity index (χ1) is 15.5. The molecule has 6 heteroatoms. The maximum atomic E-state index is 12.9. The smallest absolute Gasteiger partial charge is 0.256 e. The lowest BCUT2D eigenvalue weighted by molar-refractivity contribution is 0.981. The maximum Gasteiger partial charge on any atom is 0.256 e. The minimum absolute atomic E-state index is 0.165. The molecule has 0 radical (unpaired) electrons. The zero-order chi connectivity index (χ0) is 22.2. The first-order valence-corrected chi connectivity index (χ1v) is 10.6. The van der Waals surface area contributed by atoms with Crippen molar-refractivity contribution >= 4 is 33.6 Å². The molecule has 0 unspecified atom stereocenters. The van der Waals surface area contributed by atoms with Crippen LogP contribution in [-0.2, 0) is 6.42 Å². The van der Waals surface area contributed by atoms with Crippen LogP contribution in [0.1, 0.15) is 28.1 Å². The fourth-order valence-electron chi connectivity index (χ4n) is 4.13. The fourth-order valence-corrected chi connectivity index (χ4v) is 4.13. The molecule has 0 aliphatic heterocycles. The summed E-state index contributed by atoms with van der Waals surface area (Å²) in [5, 5.41) is 6.39. The van der Waals surface area contributed by atoms with Gasteiger partial charge in [-0.25, -0.2) is 15.0 Å². The summed E-state index contributed by atoms with van der Waals surface area (Å²) < 4.78 is 0. The molecular weight excluding hydrogens is 398 g/mol. The molecule has 5 aromatic rings. The SMILES string of the molecule is Cc1nc(Nc2nc(C)c3cccc(C)c3n2)[nH]c(=O)c1Cc1cccc2ccccc12. The van der Waals surface area contributed by atoms with Gasteiger partial charge in [-0.1, -0.05) is 60.7 Å². The predicted octanol–water partition coefficient (Wildman–Crippen LogP) is 5.13. The molecule has 158 valence electrons. The molecule has 6 nitrogen and oxygen atoms in total. The van der Waals surface area contributed by atoms with Gasteiger partial charge >= 0.3 is 0 Å². The highest BCUT2D eigenvalue weighted by atomic mass is 16.1. The number of aromatic amines is 1. The van der Waals surface area contributed by atoms with Crippen molar-refractivity contribution in [2.24, 2.45) is 0 Å². The van der Waals surface area contributed by atoms with Gasteiger partial charge in [0.2, 0.25) is 11.9 Å². The molecule has 0 atom stereocenters. The van der Waals surface area contributed by atoms with Crippen LogP contribution in [0.4, 0.5) is 11.9 Å². The van der Waals surface area contributed by atoms with E-state index in [1.54, 1.807) is 0 Å². The number of hydrogen-bond donors (Lipinski definition) is 2. The van der Waals surface area contributed by atoms with E-state index < -0.39 is 0 Å². The third-order valence-electron chi connectivity index (χ3n) is 5.82. The number of rotatable bonds is 4. The number of H-pyrrole nitrogens is 1. The Balaban J connectivity index is 1.49. The second kappa shape index (κ2) is 7.89. The van der Waals surface area contributed by atoms with Gasteiger partial charge in [-0.05, 0) is 42.7 Å². The summed E-state index contributed by atoms with van der Waals surface area (Å²) in [5.41, 5.74) is 5.09. The van der Waals surface area contributed by atoms with Crippen LogP contribution in [0.3, 0.4) is 0 Å². The second-order valence-electron chi connectivity index (χ2n) is 8.02. The lowest BCUT2D eigenvalue weighted by atomic mass is 9.98. The van der Waals surface area contributed by atoms with E-state index >= 15 is 0 Å². The topological polar surface area (TPSA) is 83.6 Å². The summed E-state index contributed by atoms with van der Waals surface area (Å²) >= 11 is 0. The van der Waals surface area contributed by atoms with Gasteiger partial charge in [0.25, 0.3) is 5.56 Å². The highest BCUT2D eigenvalue weighted by Gasteiger charge is 2.13. The number of aromatic nitrogens is 4. The summed E-state index contributed by atoms with van der Waals surface area (Å²) in [5.74, 6) is 0.746. The number of anilines is 2. The third kappa shape index (κ3) is 3.60. The van der Waals surface area contributed by atoms with Crippen LogP contribution in [-0.4, -0.2) is 19.9 Å². The molecule has 0 fully saturated rings. The average molecular weight is 422 g/mol. The molecule has 0 saturated heterocycles. The van der Waals surface area contributed by atoms with Crippen molar-refractivity contribution in [2.75, 3.05) is 5.32 Å². The quantitative estimate of drug-likeness (QED) is 0.420. The first-order valence-electron chi connectivity index (χ1n) is 10.6. The van der Waals surface area contributed by atoms with Gasteiger partial charge in [0.1, 0.15) is 0 Å². The van der Waals surface area contributed by atoms with Crippen molar-refractivity contribution < 1.29 is 0 Å². The number of fused-ring (bicyclic) bond motifs is 2. The zero-order valence-corrected chi connectivity index (χ0v) is 18.2. The van der Waals surface area contributed by atoms with Gasteiger partial charge in [0.05, 0.1) is 16.9 Å². The number of nitrogens with one attached hydrogen (secondary N) is 2. The molecule has 0 spiro atoms. The Hall–Kier alpha value is -4.06. The van der Waals surface area contributed by atoms with E-state index in [1.807, 2.05) is 57.2 Å². The Morgan fingerprint density at radius 3 is 2.41 bits per heavy atom. The molecule has 32 heavy (non-hydrogen) atoms. The summed E-state index contributed by atoms with van der Waals surface area (Å²) in [6, 6.07) is 20.4. The number of para-hydroxylation sites is 1. The van der Waals surface area contributed by atoms with Crippen molar-refractivity contribution in [1.29, 1.82) is 0 Å². The minimum atomic E-state index is -0.165. The predicted molar refractivity (Wildman–Crippen MR) is 129 cm³/mol. The van der Waals surface area contributed by atoms with Gasteiger partial charge in [0, 0.05) is 17.4 Å². The Bertz CT molecular complexity index is 1530. The van der Waals surface area contributed by atoms with Crippen LogP contribution in [0, 0.1) is 20.8 Å². The van der Waals surface area contributed by atoms with E-state index in [-0.39, 0.29) is 5.56 Å². The summed E-state index contributed by atoms with van der Waals surface area (Å²) in [4.78, 5) is 29.6. The number of benzene rings is 3. The van der Waals surface area contributed by atoms with Crippen LogP contribution in [0.15, 0.2) is 65.5 Å². The Kier molecular flexibility index (Phi) is 4.90. The van der Waals surface area contributed by atoms with Gasteiger partial charge in [0.15, 0.2) is 0 Å². The van der Waals surface area contributed by atoms with E-state index in [4.69, 9.17) is 0 Å². The molecule has 0 saturated carbocycles. The molecule has 0 aliphatic rings. The lowest BCUT2D eigenvalue weighted by Crippen LogP contribution is -2.19.